The Kier molecular flexibility index (Phi) is 3.64. The molecule has 0 spiro atoms. The molecule has 2 bridgehead atoms. The normalized spacial score (nSPS) is 29.4. The van der Waals surface area contributed by atoms with Crippen molar-refractivity contribution in [2.75, 3.05) is 0 Å². The number of carbonyl (C=O) groups is 3. The van der Waals surface area contributed by atoms with Crippen molar-refractivity contribution in [3.8, 4) is 0 Å². The SMILES string of the molecule is O=C(O)/C=C/C(=O)NNC(=O)[C@H]1C[C@H]2CC[C@H]1C2. The van der Waals surface area contributed by atoms with Gasteiger partial charge >= 0.3 is 5.97 Å². The lowest BCUT2D eigenvalue weighted by Gasteiger charge is -2.20. The van der Waals surface area contributed by atoms with E-state index < -0.39 is 11.9 Å². The standard InChI is InChI=1S/C12H16N2O4/c15-10(3-4-11(16)17)13-14-12(18)9-6-7-1-2-8(9)5-7/h3-4,7-9H,1-2,5-6H2,(H,13,15)(H,14,18)(H,16,17)/b4-3+/t7-,8-,9-/m0/s1. The minimum Gasteiger partial charge on any atom is -0.478 e. The van der Waals surface area contributed by atoms with Gasteiger partial charge in [-0.05, 0) is 31.1 Å². The summed E-state index contributed by atoms with van der Waals surface area (Å²) >= 11 is 0. The molecule has 0 unspecified atom stereocenters. The number of carboxylic acids is 1. The van der Waals surface area contributed by atoms with Gasteiger partial charge < -0.3 is 5.11 Å². The van der Waals surface area contributed by atoms with Crippen molar-refractivity contribution in [2.45, 2.75) is 25.7 Å². The number of carboxylic acid groups (broad SMARTS) is 1. The molecule has 0 aromatic rings. The molecule has 3 atom stereocenters. The van der Waals surface area contributed by atoms with Gasteiger partial charge in [0.2, 0.25) is 5.91 Å². The zero-order valence-corrected chi connectivity index (χ0v) is 9.89. The Labute approximate surface area is 104 Å². The van der Waals surface area contributed by atoms with Crippen molar-refractivity contribution in [2.24, 2.45) is 17.8 Å². The van der Waals surface area contributed by atoms with Crippen LogP contribution in [0.4, 0.5) is 0 Å². The molecule has 0 aromatic carbocycles. The number of rotatable bonds is 3. The molecule has 2 aliphatic rings. The molecule has 2 fully saturated rings. The van der Waals surface area contributed by atoms with Crippen LogP contribution in [0.1, 0.15) is 25.7 Å². The van der Waals surface area contributed by atoms with Gasteiger partial charge in [0.15, 0.2) is 0 Å². The molecule has 2 saturated carbocycles. The molecule has 2 amide bonds. The van der Waals surface area contributed by atoms with E-state index in [1.54, 1.807) is 0 Å². The maximum absolute atomic E-state index is 11.8. The largest absolute Gasteiger partial charge is 0.478 e. The Hall–Kier alpha value is -1.85. The number of carbonyl (C=O) groups excluding carboxylic acids is 2. The van der Waals surface area contributed by atoms with Gasteiger partial charge in [0, 0.05) is 18.1 Å². The first-order chi connectivity index (χ1) is 8.56. The Morgan fingerprint density at radius 3 is 2.39 bits per heavy atom. The number of amides is 2. The first-order valence-corrected chi connectivity index (χ1v) is 6.07. The third-order valence-electron chi connectivity index (χ3n) is 3.76. The smallest absolute Gasteiger partial charge is 0.328 e. The maximum Gasteiger partial charge on any atom is 0.328 e. The van der Waals surface area contributed by atoms with Crippen LogP contribution in [0.5, 0.6) is 0 Å². The summed E-state index contributed by atoms with van der Waals surface area (Å²) in [5.41, 5.74) is 4.54. The van der Waals surface area contributed by atoms with Gasteiger partial charge in [-0.3, -0.25) is 20.4 Å². The first kappa shape index (κ1) is 12.6. The molecule has 3 N–H and O–H groups in total. The Balaban J connectivity index is 1.75. The summed E-state index contributed by atoms with van der Waals surface area (Å²) in [6, 6.07) is 0. The van der Waals surface area contributed by atoms with Crippen molar-refractivity contribution < 1.29 is 19.5 Å². The van der Waals surface area contributed by atoms with Crippen molar-refractivity contribution in [1.29, 1.82) is 0 Å². The van der Waals surface area contributed by atoms with Gasteiger partial charge in [-0.1, -0.05) is 6.42 Å². The highest BCUT2D eigenvalue weighted by Gasteiger charge is 2.43. The number of nitrogens with one attached hydrogen (secondary N) is 2. The maximum atomic E-state index is 11.8. The Bertz CT molecular complexity index is 405. The predicted octanol–water partition coefficient (Wildman–Crippen LogP) is 0.211. The first-order valence-electron chi connectivity index (χ1n) is 6.07. The molecule has 18 heavy (non-hydrogen) atoms. The predicted molar refractivity (Wildman–Crippen MR) is 62.0 cm³/mol. The number of hydrazine groups is 1. The van der Waals surface area contributed by atoms with E-state index >= 15 is 0 Å². The van der Waals surface area contributed by atoms with Crippen molar-refractivity contribution in [3.05, 3.63) is 12.2 Å². The second-order valence-corrected chi connectivity index (χ2v) is 4.93. The fraction of sp³-hybridized carbons (Fsp3) is 0.583. The van der Waals surface area contributed by atoms with Crippen molar-refractivity contribution >= 4 is 17.8 Å². The molecule has 0 heterocycles. The van der Waals surface area contributed by atoms with E-state index in [9.17, 15) is 14.4 Å². The van der Waals surface area contributed by atoms with Crippen LogP contribution >= 0.6 is 0 Å². The van der Waals surface area contributed by atoms with E-state index in [1.165, 1.54) is 6.42 Å². The van der Waals surface area contributed by atoms with Crippen LogP contribution in [-0.4, -0.2) is 22.9 Å². The fourth-order valence-corrected chi connectivity index (χ4v) is 2.97. The van der Waals surface area contributed by atoms with Crippen LogP contribution in [0.3, 0.4) is 0 Å². The summed E-state index contributed by atoms with van der Waals surface area (Å²) < 4.78 is 0. The molecule has 98 valence electrons. The van der Waals surface area contributed by atoms with Gasteiger partial charge in [-0.15, -0.1) is 0 Å². The summed E-state index contributed by atoms with van der Waals surface area (Å²) in [6.45, 7) is 0. The summed E-state index contributed by atoms with van der Waals surface area (Å²) in [5.74, 6) is -0.917. The van der Waals surface area contributed by atoms with Gasteiger partial charge in [0.1, 0.15) is 0 Å². The topological polar surface area (TPSA) is 95.5 Å². The summed E-state index contributed by atoms with van der Waals surface area (Å²) in [7, 11) is 0. The number of aliphatic carboxylic acids is 1. The van der Waals surface area contributed by atoms with E-state index in [0.717, 1.165) is 31.4 Å². The number of fused-ring (bicyclic) bond motifs is 2. The zero-order valence-electron chi connectivity index (χ0n) is 9.89. The third-order valence-corrected chi connectivity index (χ3v) is 3.76. The molecule has 6 heteroatoms. The number of hydrogen-bond acceptors (Lipinski definition) is 3. The molecule has 0 saturated heterocycles. The van der Waals surface area contributed by atoms with Gasteiger partial charge in [-0.25, -0.2) is 4.79 Å². The van der Waals surface area contributed by atoms with Crippen LogP contribution in [0, 0.1) is 17.8 Å². The second kappa shape index (κ2) is 5.20. The Morgan fingerprint density at radius 2 is 1.83 bits per heavy atom. The molecule has 0 aliphatic heterocycles. The molecule has 2 rings (SSSR count). The van der Waals surface area contributed by atoms with E-state index in [4.69, 9.17) is 5.11 Å². The molecular formula is C12H16N2O4. The molecule has 0 aromatic heterocycles. The Morgan fingerprint density at radius 1 is 1.06 bits per heavy atom. The minimum atomic E-state index is -1.20. The summed E-state index contributed by atoms with van der Waals surface area (Å²) in [6.07, 6.45) is 5.91. The van der Waals surface area contributed by atoms with E-state index in [-0.39, 0.29) is 11.8 Å². The lowest BCUT2D eigenvalue weighted by atomic mass is 9.88. The molecule has 6 nitrogen and oxygen atoms in total. The fourth-order valence-electron chi connectivity index (χ4n) is 2.97. The van der Waals surface area contributed by atoms with Crippen LogP contribution < -0.4 is 10.9 Å². The summed E-state index contributed by atoms with van der Waals surface area (Å²) in [4.78, 5) is 33.1. The van der Waals surface area contributed by atoms with Crippen LogP contribution in [0.15, 0.2) is 12.2 Å². The zero-order chi connectivity index (χ0) is 13.1. The highest BCUT2D eigenvalue weighted by atomic mass is 16.4. The lowest BCUT2D eigenvalue weighted by Crippen LogP contribution is -2.45. The number of hydrogen-bond donors (Lipinski definition) is 3. The second-order valence-electron chi connectivity index (χ2n) is 4.93. The van der Waals surface area contributed by atoms with Crippen molar-refractivity contribution in [1.82, 2.24) is 10.9 Å². The van der Waals surface area contributed by atoms with Gasteiger partial charge in [0.05, 0.1) is 0 Å². The van der Waals surface area contributed by atoms with Gasteiger partial charge in [-0.2, -0.15) is 0 Å². The van der Waals surface area contributed by atoms with E-state index in [2.05, 4.69) is 10.9 Å². The van der Waals surface area contributed by atoms with Crippen LogP contribution in [0.25, 0.3) is 0 Å². The molecular weight excluding hydrogens is 236 g/mol. The minimum absolute atomic E-state index is 0.00694. The van der Waals surface area contributed by atoms with Crippen molar-refractivity contribution in [3.63, 3.8) is 0 Å². The van der Waals surface area contributed by atoms with Crippen LogP contribution in [0.2, 0.25) is 0 Å². The average Bonchev–Trinajstić information content (AvgIpc) is 2.95. The quantitative estimate of drug-likeness (QED) is 0.494. The summed E-state index contributed by atoms with van der Waals surface area (Å²) in [5, 5.41) is 8.33. The van der Waals surface area contributed by atoms with Crippen LogP contribution in [-0.2, 0) is 14.4 Å². The molecule has 0 radical (unpaired) electrons. The van der Waals surface area contributed by atoms with E-state index in [1.807, 2.05) is 0 Å². The van der Waals surface area contributed by atoms with E-state index in [0.29, 0.717) is 11.8 Å². The molecule has 2 aliphatic carbocycles. The van der Waals surface area contributed by atoms with Gasteiger partial charge in [0.25, 0.3) is 5.91 Å². The highest BCUT2D eigenvalue weighted by molar-refractivity contribution is 5.95. The lowest BCUT2D eigenvalue weighted by molar-refractivity contribution is -0.131. The average molecular weight is 252 g/mol. The third kappa shape index (κ3) is 2.88. The highest BCUT2D eigenvalue weighted by Crippen LogP contribution is 2.48. The monoisotopic (exact) mass is 252 g/mol.